The molecule has 1 N–H and O–H groups in total. The summed E-state index contributed by atoms with van der Waals surface area (Å²) in [6.07, 6.45) is 5.37. The third kappa shape index (κ3) is 3.54. The first kappa shape index (κ1) is 15.8. The molecule has 1 aliphatic rings. The number of anilines is 1. The van der Waals surface area contributed by atoms with Gasteiger partial charge < -0.3 is 10.1 Å². The van der Waals surface area contributed by atoms with Crippen LogP contribution in [0.4, 0.5) is 5.82 Å². The van der Waals surface area contributed by atoms with Crippen LogP contribution in [0.3, 0.4) is 0 Å². The third-order valence-electron chi connectivity index (χ3n) is 4.02. The molecule has 0 fully saturated rings. The van der Waals surface area contributed by atoms with Crippen molar-refractivity contribution in [3.63, 3.8) is 0 Å². The molecule has 0 aliphatic heterocycles. The van der Waals surface area contributed by atoms with Crippen molar-refractivity contribution < 1.29 is 4.74 Å². The Hall–Kier alpha value is -1.60. The Morgan fingerprint density at radius 2 is 2.00 bits per heavy atom. The van der Waals surface area contributed by atoms with E-state index in [4.69, 9.17) is 9.72 Å². The number of hydrogen-bond donors (Lipinski definition) is 1. The normalized spacial score (nSPS) is 13.9. The maximum Gasteiger partial charge on any atom is 0.144 e. The van der Waals surface area contributed by atoms with Gasteiger partial charge in [-0.3, -0.25) is 0 Å². The molecule has 0 radical (unpaired) electrons. The summed E-state index contributed by atoms with van der Waals surface area (Å²) in [7, 11) is 1.70. The van der Waals surface area contributed by atoms with Crippen molar-refractivity contribution in [3.05, 3.63) is 22.4 Å². The van der Waals surface area contributed by atoms with Crippen LogP contribution in [0.25, 0.3) is 0 Å². The van der Waals surface area contributed by atoms with Gasteiger partial charge in [-0.25, -0.2) is 4.98 Å². The summed E-state index contributed by atoms with van der Waals surface area (Å²) in [5, 5.41) is 12.9. The Morgan fingerprint density at radius 3 is 2.62 bits per heavy atom. The summed E-state index contributed by atoms with van der Waals surface area (Å²) in [4.78, 5) is 4.78. The highest BCUT2D eigenvalue weighted by Crippen LogP contribution is 2.33. The van der Waals surface area contributed by atoms with E-state index in [1.807, 2.05) is 0 Å². The van der Waals surface area contributed by atoms with Gasteiger partial charge in [0.1, 0.15) is 11.9 Å². The van der Waals surface area contributed by atoms with Crippen LogP contribution >= 0.6 is 0 Å². The van der Waals surface area contributed by atoms with Crippen molar-refractivity contribution in [2.75, 3.05) is 25.6 Å². The van der Waals surface area contributed by atoms with Crippen molar-refractivity contribution in [3.8, 4) is 6.07 Å². The van der Waals surface area contributed by atoms with Crippen LogP contribution in [0.15, 0.2) is 0 Å². The molecular weight excluding hydrogens is 262 g/mol. The average Bonchev–Trinajstić information content (AvgIpc) is 2.50. The maximum absolute atomic E-state index is 9.55. The third-order valence-corrected chi connectivity index (χ3v) is 4.02. The molecule has 4 nitrogen and oxygen atoms in total. The molecule has 114 valence electrons. The van der Waals surface area contributed by atoms with E-state index in [0.717, 1.165) is 49.5 Å². The molecule has 4 heteroatoms. The number of nitrogens with one attached hydrogen (secondary N) is 1. The highest BCUT2D eigenvalue weighted by atomic mass is 16.5. The SMILES string of the molecule is COCCCNc1nc(C(C)C)c2c(c1C#N)CCCC2. The van der Waals surface area contributed by atoms with E-state index in [0.29, 0.717) is 5.92 Å². The van der Waals surface area contributed by atoms with Crippen molar-refractivity contribution in [1.82, 2.24) is 4.98 Å². The Kier molecular flexibility index (Phi) is 5.58. The first-order valence-electron chi connectivity index (χ1n) is 7.87. The van der Waals surface area contributed by atoms with Crippen molar-refractivity contribution in [1.29, 1.82) is 5.26 Å². The predicted octanol–water partition coefficient (Wildman–Crippen LogP) is 3.40. The van der Waals surface area contributed by atoms with Gasteiger partial charge in [0, 0.05) is 26.0 Å². The number of nitriles is 1. The second-order valence-corrected chi connectivity index (χ2v) is 5.92. The Balaban J connectivity index is 2.35. The molecule has 0 aromatic carbocycles. The fourth-order valence-corrected chi connectivity index (χ4v) is 3.00. The highest BCUT2D eigenvalue weighted by molar-refractivity contribution is 5.60. The minimum atomic E-state index is 0.393. The molecule has 0 amide bonds. The topological polar surface area (TPSA) is 57.9 Å². The van der Waals surface area contributed by atoms with Crippen LogP contribution in [0, 0.1) is 11.3 Å². The summed E-state index contributed by atoms with van der Waals surface area (Å²) in [5.74, 6) is 1.15. The molecular formula is C17H25N3O. The van der Waals surface area contributed by atoms with Gasteiger partial charge in [0.25, 0.3) is 0 Å². The molecule has 1 aromatic rings. The average molecular weight is 287 g/mol. The molecule has 0 unspecified atom stereocenters. The first-order valence-corrected chi connectivity index (χ1v) is 7.87. The summed E-state index contributed by atoms with van der Waals surface area (Å²) in [6, 6.07) is 2.37. The number of rotatable bonds is 6. The molecule has 2 rings (SSSR count). The molecule has 0 spiro atoms. The fourth-order valence-electron chi connectivity index (χ4n) is 3.00. The lowest BCUT2D eigenvalue weighted by Crippen LogP contribution is -2.16. The fraction of sp³-hybridized carbons (Fsp3) is 0.647. The van der Waals surface area contributed by atoms with E-state index in [1.165, 1.54) is 24.0 Å². The van der Waals surface area contributed by atoms with E-state index >= 15 is 0 Å². The minimum Gasteiger partial charge on any atom is -0.385 e. The van der Waals surface area contributed by atoms with Gasteiger partial charge in [-0.05, 0) is 49.1 Å². The monoisotopic (exact) mass is 287 g/mol. The summed E-state index contributed by atoms with van der Waals surface area (Å²) in [5.41, 5.74) is 4.48. The number of hydrogen-bond acceptors (Lipinski definition) is 4. The smallest absolute Gasteiger partial charge is 0.144 e. The van der Waals surface area contributed by atoms with E-state index < -0.39 is 0 Å². The zero-order valence-electron chi connectivity index (χ0n) is 13.3. The second-order valence-electron chi connectivity index (χ2n) is 5.92. The van der Waals surface area contributed by atoms with Gasteiger partial charge in [-0.15, -0.1) is 0 Å². The number of methoxy groups -OCH3 is 1. The molecule has 1 aromatic heterocycles. The Labute approximate surface area is 127 Å². The first-order chi connectivity index (χ1) is 10.2. The van der Waals surface area contributed by atoms with Gasteiger partial charge in [0.15, 0.2) is 0 Å². The molecule has 0 saturated carbocycles. The zero-order chi connectivity index (χ0) is 15.2. The number of pyridine rings is 1. The van der Waals surface area contributed by atoms with E-state index in [9.17, 15) is 5.26 Å². The summed E-state index contributed by atoms with van der Waals surface area (Å²) in [6.45, 7) is 5.86. The molecule has 0 atom stereocenters. The molecule has 0 bridgehead atoms. The molecule has 1 aliphatic carbocycles. The standard InChI is InChI=1S/C17H25N3O/c1-12(2)16-14-8-5-4-7-13(14)15(11-18)17(20-16)19-9-6-10-21-3/h12H,4-10H2,1-3H3,(H,19,20). The van der Waals surface area contributed by atoms with Gasteiger partial charge in [0.05, 0.1) is 5.56 Å². The lowest BCUT2D eigenvalue weighted by molar-refractivity contribution is 0.197. The maximum atomic E-state index is 9.55. The van der Waals surface area contributed by atoms with Gasteiger partial charge in [-0.2, -0.15) is 5.26 Å². The van der Waals surface area contributed by atoms with Crippen molar-refractivity contribution >= 4 is 5.82 Å². The van der Waals surface area contributed by atoms with Crippen LogP contribution in [-0.4, -0.2) is 25.2 Å². The number of fused-ring (bicyclic) bond motifs is 1. The molecule has 1 heterocycles. The van der Waals surface area contributed by atoms with Crippen molar-refractivity contribution in [2.45, 2.75) is 51.9 Å². The zero-order valence-corrected chi connectivity index (χ0v) is 13.3. The molecule has 21 heavy (non-hydrogen) atoms. The highest BCUT2D eigenvalue weighted by Gasteiger charge is 2.23. The quantitative estimate of drug-likeness (QED) is 0.815. The van der Waals surface area contributed by atoms with Crippen LogP contribution < -0.4 is 5.32 Å². The van der Waals surface area contributed by atoms with Gasteiger partial charge in [0.2, 0.25) is 0 Å². The number of ether oxygens (including phenoxy) is 1. The minimum absolute atomic E-state index is 0.393. The predicted molar refractivity (Wildman–Crippen MR) is 84.7 cm³/mol. The summed E-state index contributed by atoms with van der Waals surface area (Å²) >= 11 is 0. The number of nitrogens with zero attached hydrogens (tertiary/aromatic N) is 2. The van der Waals surface area contributed by atoms with E-state index in [-0.39, 0.29) is 0 Å². The molecule has 0 saturated heterocycles. The van der Waals surface area contributed by atoms with E-state index in [2.05, 4.69) is 25.2 Å². The number of aromatic nitrogens is 1. The summed E-state index contributed by atoms with van der Waals surface area (Å²) < 4.78 is 5.06. The van der Waals surface area contributed by atoms with Crippen molar-refractivity contribution in [2.24, 2.45) is 0 Å². The van der Waals surface area contributed by atoms with E-state index in [1.54, 1.807) is 7.11 Å². The van der Waals surface area contributed by atoms with Gasteiger partial charge >= 0.3 is 0 Å². The van der Waals surface area contributed by atoms with Gasteiger partial charge in [-0.1, -0.05) is 13.8 Å². The Bertz CT molecular complexity index is 532. The lowest BCUT2D eigenvalue weighted by Gasteiger charge is -2.24. The largest absolute Gasteiger partial charge is 0.385 e. The second kappa shape index (κ2) is 7.42. The van der Waals surface area contributed by atoms with Crippen LogP contribution in [0.1, 0.15) is 61.4 Å². The Morgan fingerprint density at radius 1 is 1.29 bits per heavy atom. The lowest BCUT2D eigenvalue weighted by atomic mass is 9.85. The van der Waals surface area contributed by atoms with Crippen LogP contribution in [-0.2, 0) is 17.6 Å². The van der Waals surface area contributed by atoms with Crippen LogP contribution in [0.5, 0.6) is 0 Å². The van der Waals surface area contributed by atoms with Crippen LogP contribution in [0.2, 0.25) is 0 Å².